The van der Waals surface area contributed by atoms with E-state index in [2.05, 4.69) is 9.44 Å². The fourth-order valence-electron chi connectivity index (χ4n) is 2.21. The van der Waals surface area contributed by atoms with Crippen LogP contribution >= 0.6 is 0 Å². The number of rotatable bonds is 10. The summed E-state index contributed by atoms with van der Waals surface area (Å²) >= 11 is 0. The van der Waals surface area contributed by atoms with Crippen LogP contribution in [0.25, 0.3) is 0 Å². The summed E-state index contributed by atoms with van der Waals surface area (Å²) in [6.07, 6.45) is 0.0437. The van der Waals surface area contributed by atoms with Crippen LogP contribution in [0.1, 0.15) is 12.8 Å². The molecule has 0 atom stereocenters. The predicted molar refractivity (Wildman–Crippen MR) is 102 cm³/mol. The summed E-state index contributed by atoms with van der Waals surface area (Å²) in [5.41, 5.74) is 0.0921. The van der Waals surface area contributed by atoms with Gasteiger partial charge in [-0.05, 0) is 55.9 Å². The third-order valence-corrected chi connectivity index (χ3v) is 6.50. The summed E-state index contributed by atoms with van der Waals surface area (Å²) in [5, 5.41) is 8.54. The van der Waals surface area contributed by atoms with Crippen molar-refractivity contribution >= 4 is 31.7 Å². The van der Waals surface area contributed by atoms with Gasteiger partial charge < -0.3 is 9.84 Å². The van der Waals surface area contributed by atoms with Crippen LogP contribution in [-0.2, 0) is 24.8 Å². The van der Waals surface area contributed by atoms with Gasteiger partial charge in [-0.2, -0.15) is 0 Å². The Morgan fingerprint density at radius 2 is 1.66 bits per heavy atom. The number of ether oxygens (including phenoxy) is 1. The van der Waals surface area contributed by atoms with Gasteiger partial charge in [-0.3, -0.25) is 9.52 Å². The Morgan fingerprint density at radius 3 is 2.21 bits per heavy atom. The molecule has 0 aliphatic heterocycles. The van der Waals surface area contributed by atoms with Crippen molar-refractivity contribution in [1.82, 2.24) is 4.72 Å². The van der Waals surface area contributed by atoms with Gasteiger partial charge in [0, 0.05) is 12.1 Å². The van der Waals surface area contributed by atoms with Gasteiger partial charge in [0.05, 0.1) is 16.4 Å². The van der Waals surface area contributed by atoms with Crippen LogP contribution in [0.4, 0.5) is 10.1 Å². The van der Waals surface area contributed by atoms with E-state index in [9.17, 15) is 26.0 Å². The lowest BCUT2D eigenvalue weighted by molar-refractivity contribution is -0.137. The highest BCUT2D eigenvalue weighted by Crippen LogP contribution is 2.23. The Labute approximate surface area is 167 Å². The molecule has 0 bridgehead atoms. The Morgan fingerprint density at radius 1 is 1.03 bits per heavy atom. The fourth-order valence-corrected chi connectivity index (χ4v) is 4.01. The predicted octanol–water partition coefficient (Wildman–Crippen LogP) is 1.78. The summed E-state index contributed by atoms with van der Waals surface area (Å²) < 4.78 is 71.8. The van der Waals surface area contributed by atoms with Crippen LogP contribution < -0.4 is 14.2 Å². The molecule has 0 aliphatic rings. The van der Waals surface area contributed by atoms with E-state index in [0.717, 1.165) is 18.2 Å². The largest absolute Gasteiger partial charge is 0.491 e. The summed E-state index contributed by atoms with van der Waals surface area (Å²) in [6.45, 7) is -0.0323. The van der Waals surface area contributed by atoms with Crippen molar-refractivity contribution in [2.24, 2.45) is 0 Å². The average Bonchev–Trinajstić information content (AvgIpc) is 2.66. The fraction of sp³-hybridized carbons (Fsp3) is 0.235. The zero-order valence-electron chi connectivity index (χ0n) is 15.3. The Hall–Kier alpha value is -2.70. The standard InChI is InChI=1S/C17H19FN2O7S2/c1-19-28(23,24)13-6-4-12(5-7-13)20-29(25,26)14-8-9-16(15(18)11-14)27-10-2-3-17(21)22/h4-9,11,19-20H,2-3,10H2,1H3,(H,21,22). The average molecular weight is 446 g/mol. The van der Waals surface area contributed by atoms with Crippen molar-refractivity contribution in [3.63, 3.8) is 0 Å². The monoisotopic (exact) mass is 446 g/mol. The maximum Gasteiger partial charge on any atom is 0.303 e. The van der Waals surface area contributed by atoms with Crippen LogP contribution in [0.3, 0.4) is 0 Å². The third kappa shape index (κ3) is 6.14. The maximum absolute atomic E-state index is 14.1. The molecule has 158 valence electrons. The number of benzene rings is 2. The topological polar surface area (TPSA) is 139 Å². The molecular weight excluding hydrogens is 427 g/mol. The smallest absolute Gasteiger partial charge is 0.303 e. The molecule has 0 spiro atoms. The van der Waals surface area contributed by atoms with E-state index in [0.29, 0.717) is 0 Å². The van der Waals surface area contributed by atoms with Crippen LogP contribution in [0, 0.1) is 5.82 Å². The number of anilines is 1. The maximum atomic E-state index is 14.1. The van der Waals surface area contributed by atoms with Crippen molar-refractivity contribution in [3.05, 3.63) is 48.3 Å². The molecule has 0 aliphatic carbocycles. The molecule has 0 amide bonds. The van der Waals surface area contributed by atoms with Gasteiger partial charge in [-0.25, -0.2) is 25.9 Å². The lowest BCUT2D eigenvalue weighted by Crippen LogP contribution is -2.18. The Bertz CT molecular complexity index is 1090. The minimum atomic E-state index is -4.13. The normalized spacial score (nSPS) is 11.8. The first-order valence-electron chi connectivity index (χ1n) is 8.26. The number of carboxylic acid groups (broad SMARTS) is 1. The van der Waals surface area contributed by atoms with E-state index in [4.69, 9.17) is 9.84 Å². The zero-order chi connectivity index (χ0) is 21.7. The lowest BCUT2D eigenvalue weighted by Gasteiger charge is -2.11. The number of carbonyl (C=O) groups is 1. The van der Waals surface area contributed by atoms with Gasteiger partial charge in [-0.1, -0.05) is 0 Å². The highest BCUT2D eigenvalue weighted by molar-refractivity contribution is 7.92. The number of nitrogens with one attached hydrogen (secondary N) is 2. The second-order valence-electron chi connectivity index (χ2n) is 5.78. The summed E-state index contributed by atoms with van der Waals surface area (Å²) in [4.78, 5) is 10.0. The van der Waals surface area contributed by atoms with Gasteiger partial charge in [0.15, 0.2) is 11.6 Å². The highest BCUT2D eigenvalue weighted by Gasteiger charge is 2.18. The molecule has 3 N–H and O–H groups in total. The van der Waals surface area contributed by atoms with Crippen LogP contribution in [0.15, 0.2) is 52.3 Å². The van der Waals surface area contributed by atoms with Gasteiger partial charge in [0.2, 0.25) is 10.0 Å². The van der Waals surface area contributed by atoms with Crippen LogP contribution in [-0.4, -0.2) is 41.6 Å². The van der Waals surface area contributed by atoms with Gasteiger partial charge in [-0.15, -0.1) is 0 Å². The summed E-state index contributed by atoms with van der Waals surface area (Å²) in [6, 6.07) is 8.01. The molecule has 0 fully saturated rings. The van der Waals surface area contributed by atoms with E-state index in [-0.39, 0.29) is 40.7 Å². The number of halogens is 1. The first-order valence-corrected chi connectivity index (χ1v) is 11.2. The molecule has 0 saturated carbocycles. The van der Waals surface area contributed by atoms with Gasteiger partial charge in [0.25, 0.3) is 10.0 Å². The second kappa shape index (κ2) is 9.20. The van der Waals surface area contributed by atoms with Crippen LogP contribution in [0.5, 0.6) is 5.75 Å². The SMILES string of the molecule is CNS(=O)(=O)c1ccc(NS(=O)(=O)c2ccc(OCCCC(=O)O)c(F)c2)cc1. The summed E-state index contributed by atoms with van der Waals surface area (Å²) in [5.74, 6) is -2.12. The Kier molecular flexibility index (Phi) is 7.16. The number of sulfonamides is 2. The third-order valence-electron chi connectivity index (χ3n) is 3.69. The lowest BCUT2D eigenvalue weighted by atomic mass is 10.3. The quantitative estimate of drug-likeness (QED) is 0.473. The molecular formula is C17H19FN2O7S2. The molecule has 0 heterocycles. The minimum absolute atomic E-state index is 0.0323. The highest BCUT2D eigenvalue weighted by atomic mass is 32.2. The Balaban J connectivity index is 2.11. The van der Waals surface area contributed by atoms with Crippen molar-refractivity contribution in [2.75, 3.05) is 18.4 Å². The molecule has 29 heavy (non-hydrogen) atoms. The van der Waals surface area contributed by atoms with E-state index >= 15 is 0 Å². The number of hydrogen-bond acceptors (Lipinski definition) is 6. The number of aliphatic carboxylic acids is 1. The molecule has 2 aromatic rings. The van der Waals surface area contributed by atoms with Crippen molar-refractivity contribution < 1.29 is 35.9 Å². The van der Waals surface area contributed by atoms with Gasteiger partial charge in [0.1, 0.15) is 0 Å². The molecule has 0 saturated heterocycles. The zero-order valence-corrected chi connectivity index (χ0v) is 16.9. The van der Waals surface area contributed by atoms with E-state index < -0.39 is 31.8 Å². The first-order chi connectivity index (χ1) is 13.5. The minimum Gasteiger partial charge on any atom is -0.491 e. The summed E-state index contributed by atoms with van der Waals surface area (Å²) in [7, 11) is -6.54. The first kappa shape index (κ1) is 22.6. The molecule has 0 unspecified atom stereocenters. The van der Waals surface area contributed by atoms with Crippen LogP contribution in [0.2, 0.25) is 0 Å². The second-order valence-corrected chi connectivity index (χ2v) is 9.34. The van der Waals surface area contributed by atoms with E-state index in [1.54, 1.807) is 0 Å². The number of carboxylic acids is 1. The van der Waals surface area contributed by atoms with Crippen molar-refractivity contribution in [3.8, 4) is 5.75 Å². The molecule has 0 radical (unpaired) electrons. The van der Waals surface area contributed by atoms with E-state index in [1.165, 1.54) is 31.3 Å². The van der Waals surface area contributed by atoms with E-state index in [1.807, 2.05) is 0 Å². The van der Waals surface area contributed by atoms with Crippen molar-refractivity contribution in [2.45, 2.75) is 22.6 Å². The van der Waals surface area contributed by atoms with Gasteiger partial charge >= 0.3 is 5.97 Å². The molecule has 9 nitrogen and oxygen atoms in total. The molecule has 2 rings (SSSR count). The molecule has 2 aromatic carbocycles. The number of hydrogen-bond donors (Lipinski definition) is 3. The molecule has 12 heteroatoms. The van der Waals surface area contributed by atoms with Crippen molar-refractivity contribution in [1.29, 1.82) is 0 Å². The molecule has 0 aromatic heterocycles.